The lowest BCUT2D eigenvalue weighted by Gasteiger charge is -2.35. The average molecular weight is 1080 g/mol. The second kappa shape index (κ2) is 30.6. The Labute approximate surface area is 458 Å². The van der Waals surface area contributed by atoms with Gasteiger partial charge >= 0.3 is 0 Å². The van der Waals surface area contributed by atoms with Crippen LogP contribution in [0.5, 0.6) is 0 Å². The number of non-ortho nitro benzene ring substituents is 1. The number of hydrazine groups is 1. The summed E-state index contributed by atoms with van der Waals surface area (Å²) < 4.78 is 0. The first kappa shape index (κ1) is 63.2. The smallest absolute Gasteiger partial charge is 0.271 e. The standard InChI is InChI=1S/C31H47N11O9.C11H13NO.C10H12.C4H10/c1-17(34-6)27(46)35-14-24(44)39-7-8-40(16-39)38-29(48)19-9-18(10-21(11-19)42(50)51)28(47)36-20-12-22(26(32)45)41(15-20)30(49)25(31(2,3)4)37-23(43)13-33-5;13-8-12-11-7-3-5-9-4-1-2-6-10(9)11;1-2-6-10-8-4-3-7-9(10)5-1;1-4(2)3/h9-11,17,20,22,25,33-34H,7-8,12-16H2,1-6H3,(H2,32,45)(H,35,46)(H,36,47)(H,37,43)(H,38,48);1-2,4,6,8,11H,3,5,7H2,(H,12,13);1-2,5-6H,3-4,7-8H2;4H,1-3H3. The van der Waals surface area contributed by atoms with Crippen LogP contribution in [0.3, 0.4) is 0 Å². The van der Waals surface area contributed by atoms with Gasteiger partial charge in [0.25, 0.3) is 17.5 Å². The summed E-state index contributed by atoms with van der Waals surface area (Å²) in [6, 6.07) is 17.1. The van der Waals surface area contributed by atoms with E-state index in [-0.39, 0.29) is 74.8 Å². The predicted molar refractivity (Wildman–Crippen MR) is 296 cm³/mol. The van der Waals surface area contributed by atoms with Crippen molar-refractivity contribution in [3.05, 3.63) is 110 Å². The Morgan fingerprint density at radius 1 is 0.821 bits per heavy atom. The average Bonchev–Trinajstić information content (AvgIpc) is 4.07. The fourth-order valence-electron chi connectivity index (χ4n) is 9.22. The molecule has 22 nitrogen and oxygen atoms in total. The summed E-state index contributed by atoms with van der Waals surface area (Å²) in [5.41, 5.74) is 12.3. The maximum Gasteiger partial charge on any atom is 0.271 e. The fraction of sp³-hybridized carbons (Fsp3) is 0.536. The van der Waals surface area contributed by atoms with Gasteiger partial charge in [0.2, 0.25) is 35.9 Å². The molecular weight excluding hydrogens is 1000 g/mol. The van der Waals surface area contributed by atoms with Gasteiger partial charge in [0.05, 0.1) is 36.8 Å². The van der Waals surface area contributed by atoms with E-state index < -0.39 is 69.7 Å². The number of hydrogen-bond acceptors (Lipinski definition) is 13. The number of likely N-dealkylation sites (tertiary alicyclic amines) is 1. The molecule has 5 atom stereocenters. The van der Waals surface area contributed by atoms with E-state index in [1.54, 1.807) is 52.9 Å². The molecule has 0 bridgehead atoms. The van der Waals surface area contributed by atoms with Crippen molar-refractivity contribution in [2.24, 2.45) is 17.1 Å². The summed E-state index contributed by atoms with van der Waals surface area (Å²) in [7, 11) is 3.18. The number of benzene rings is 3. The predicted octanol–water partition coefficient (Wildman–Crippen LogP) is 3.04. The Morgan fingerprint density at radius 3 is 1.97 bits per heavy atom. The van der Waals surface area contributed by atoms with Crippen LogP contribution in [0, 0.1) is 21.4 Å². The molecule has 0 radical (unpaired) electrons. The summed E-state index contributed by atoms with van der Waals surface area (Å²) >= 11 is 0. The third-order valence-electron chi connectivity index (χ3n) is 13.4. The van der Waals surface area contributed by atoms with Crippen LogP contribution in [0.1, 0.15) is 130 Å². The SMILES string of the molecule is CC(C)C.CNCC(=O)NC(C(=O)N1CC(NC(=O)c2cc(C(=O)NN3CCN(C(=O)CNC(=O)C(C)NC)C3)cc([N+](=O)[O-])c2)CC1C(N)=O)C(C)(C)C.O=CNC1CCCc2ccccc21.c1ccc2c(c1)CCCC2. The minimum absolute atomic E-state index is 0.0164. The van der Waals surface area contributed by atoms with E-state index in [4.69, 9.17) is 5.73 Å². The minimum Gasteiger partial charge on any atom is -0.368 e. The number of primary amides is 1. The lowest BCUT2D eigenvalue weighted by molar-refractivity contribution is -0.384. The molecule has 2 aliphatic heterocycles. The highest BCUT2D eigenvalue weighted by Gasteiger charge is 2.45. The van der Waals surface area contributed by atoms with Crippen LogP contribution in [0.4, 0.5) is 5.69 Å². The number of carbonyl (C=O) groups is 8. The van der Waals surface area contributed by atoms with Gasteiger partial charge < -0.3 is 47.4 Å². The number of nitrogens with one attached hydrogen (secondary N) is 7. The normalized spacial score (nSPS) is 18.3. The van der Waals surface area contributed by atoms with Gasteiger partial charge in [-0.05, 0) is 112 Å². The maximum absolute atomic E-state index is 13.7. The summed E-state index contributed by atoms with van der Waals surface area (Å²) in [4.78, 5) is 114. The summed E-state index contributed by atoms with van der Waals surface area (Å²) in [6.45, 7) is 13.4. The van der Waals surface area contributed by atoms with Gasteiger partial charge in [-0.15, -0.1) is 0 Å². The van der Waals surface area contributed by atoms with Gasteiger partial charge in [-0.1, -0.05) is 90.1 Å². The minimum atomic E-state index is -1.11. The number of likely N-dealkylation sites (N-methyl/N-ethyl adjacent to an activating group) is 2. The molecule has 0 spiro atoms. The van der Waals surface area contributed by atoms with Crippen molar-refractivity contribution in [3.63, 3.8) is 0 Å². The molecule has 3 aromatic carbocycles. The number of nitrogens with zero attached hydrogens (tertiary/aromatic N) is 4. The molecule has 7 rings (SSSR count). The van der Waals surface area contributed by atoms with E-state index in [1.165, 1.54) is 58.0 Å². The maximum atomic E-state index is 13.7. The van der Waals surface area contributed by atoms with Crippen LogP contribution in [-0.2, 0) is 48.0 Å². The molecule has 22 heteroatoms. The van der Waals surface area contributed by atoms with E-state index in [1.807, 2.05) is 6.07 Å². The van der Waals surface area contributed by atoms with E-state index in [2.05, 4.69) is 101 Å². The van der Waals surface area contributed by atoms with Gasteiger partial charge in [-0.25, -0.2) is 0 Å². The van der Waals surface area contributed by atoms with Gasteiger partial charge in [0.15, 0.2) is 0 Å². The Hall–Kier alpha value is -7.30. The number of aryl methyl sites for hydroxylation is 3. The molecule has 5 unspecified atom stereocenters. The van der Waals surface area contributed by atoms with Crippen LogP contribution in [0.2, 0.25) is 0 Å². The van der Waals surface area contributed by atoms with Gasteiger partial charge in [-0.2, -0.15) is 5.01 Å². The molecule has 3 aromatic rings. The summed E-state index contributed by atoms with van der Waals surface area (Å²) in [5.74, 6) is -3.32. The van der Waals surface area contributed by atoms with Crippen molar-refractivity contribution < 1.29 is 43.3 Å². The molecule has 78 heavy (non-hydrogen) atoms. The monoisotopic (exact) mass is 1080 g/mol. The first-order chi connectivity index (χ1) is 37.0. The van der Waals surface area contributed by atoms with Crippen molar-refractivity contribution in [3.8, 4) is 0 Å². The molecule has 2 saturated heterocycles. The van der Waals surface area contributed by atoms with Crippen LogP contribution in [-0.4, -0.2) is 145 Å². The Kier molecular flexibility index (Phi) is 24.8. The van der Waals surface area contributed by atoms with Gasteiger partial charge in [-0.3, -0.25) is 53.9 Å². The molecule has 2 aliphatic carbocycles. The highest BCUT2D eigenvalue weighted by molar-refractivity contribution is 6.01. The highest BCUT2D eigenvalue weighted by atomic mass is 16.6. The van der Waals surface area contributed by atoms with Gasteiger partial charge in [0, 0.05) is 48.9 Å². The lowest BCUT2D eigenvalue weighted by Crippen LogP contribution is -2.58. The number of fused-ring (bicyclic) bond motifs is 2. The zero-order valence-electron chi connectivity index (χ0n) is 46.7. The van der Waals surface area contributed by atoms with Crippen molar-refractivity contribution in [1.29, 1.82) is 0 Å². The van der Waals surface area contributed by atoms with E-state index in [9.17, 15) is 48.5 Å². The van der Waals surface area contributed by atoms with Crippen LogP contribution in [0.25, 0.3) is 0 Å². The van der Waals surface area contributed by atoms with Crippen molar-refractivity contribution >= 4 is 53.4 Å². The van der Waals surface area contributed by atoms with E-state index in [0.29, 0.717) is 0 Å². The quantitative estimate of drug-likeness (QED) is 0.0582. The topological polar surface area (TPSA) is 300 Å². The first-order valence-electron chi connectivity index (χ1n) is 26.7. The molecular formula is C56H82N12O10. The highest BCUT2D eigenvalue weighted by Crippen LogP contribution is 2.30. The van der Waals surface area contributed by atoms with Crippen LogP contribution < -0.4 is 43.1 Å². The Balaban J connectivity index is 0.000000386. The molecule has 426 valence electrons. The first-order valence-corrected chi connectivity index (χ1v) is 26.7. The number of amides is 8. The lowest BCUT2D eigenvalue weighted by atomic mass is 9.85. The summed E-state index contributed by atoms with van der Waals surface area (Å²) in [6.07, 6.45) is 9.50. The number of hydrogen-bond donors (Lipinski definition) is 8. The molecule has 0 aromatic heterocycles. The number of nitro benzene ring substituents is 1. The Morgan fingerprint density at radius 2 is 1.41 bits per heavy atom. The third-order valence-corrected chi connectivity index (χ3v) is 13.4. The van der Waals surface area contributed by atoms with Crippen molar-refractivity contribution in [2.75, 3.05) is 53.5 Å². The molecule has 0 saturated carbocycles. The third kappa shape index (κ3) is 19.3. The molecule has 2 fully saturated rings. The number of carbonyl (C=O) groups excluding carboxylic acids is 8. The van der Waals surface area contributed by atoms with Crippen molar-refractivity contribution in [1.82, 2.24) is 52.1 Å². The fourth-order valence-corrected chi connectivity index (χ4v) is 9.22. The number of rotatable bonds is 16. The zero-order valence-corrected chi connectivity index (χ0v) is 46.7. The number of nitro groups is 1. The molecule has 8 amide bonds. The van der Waals surface area contributed by atoms with E-state index in [0.717, 1.165) is 43.4 Å². The zero-order chi connectivity index (χ0) is 57.7. The van der Waals surface area contributed by atoms with Crippen LogP contribution in [0.15, 0.2) is 66.7 Å². The molecule has 2 heterocycles. The second-order valence-corrected chi connectivity index (χ2v) is 21.6. The van der Waals surface area contributed by atoms with Crippen LogP contribution >= 0.6 is 0 Å². The van der Waals surface area contributed by atoms with Crippen molar-refractivity contribution in [2.45, 2.75) is 130 Å². The molecule has 4 aliphatic rings. The molecule has 9 N–H and O–H groups in total. The van der Waals surface area contributed by atoms with E-state index >= 15 is 0 Å². The second-order valence-electron chi connectivity index (χ2n) is 21.6. The van der Waals surface area contributed by atoms with Gasteiger partial charge in [0.1, 0.15) is 12.1 Å². The Bertz CT molecular complexity index is 2540. The number of nitrogens with two attached hydrogens (primary N) is 1. The summed E-state index contributed by atoms with van der Waals surface area (Å²) in [5, 5.41) is 29.4. The largest absolute Gasteiger partial charge is 0.368 e.